The first-order chi connectivity index (χ1) is 13.3. The van der Waals surface area contributed by atoms with E-state index < -0.39 is 12.1 Å². The van der Waals surface area contributed by atoms with Crippen LogP contribution in [0.1, 0.15) is 30.3 Å². The van der Waals surface area contributed by atoms with E-state index in [4.69, 9.17) is 4.74 Å². The van der Waals surface area contributed by atoms with Crippen molar-refractivity contribution in [3.63, 3.8) is 0 Å². The van der Waals surface area contributed by atoms with Gasteiger partial charge in [0.2, 0.25) is 0 Å². The van der Waals surface area contributed by atoms with Crippen molar-refractivity contribution < 1.29 is 14.3 Å². The van der Waals surface area contributed by atoms with E-state index in [1.807, 2.05) is 26.0 Å². The quantitative estimate of drug-likeness (QED) is 0.585. The van der Waals surface area contributed by atoms with Gasteiger partial charge >= 0.3 is 5.97 Å². The van der Waals surface area contributed by atoms with Gasteiger partial charge in [-0.15, -0.1) is 0 Å². The van der Waals surface area contributed by atoms with Crippen molar-refractivity contribution in [2.75, 3.05) is 5.32 Å². The number of halogens is 1. The van der Waals surface area contributed by atoms with Gasteiger partial charge in [0.1, 0.15) is 6.33 Å². The molecule has 0 aliphatic rings. The van der Waals surface area contributed by atoms with Gasteiger partial charge in [0, 0.05) is 28.0 Å². The lowest BCUT2D eigenvalue weighted by Gasteiger charge is -2.14. The van der Waals surface area contributed by atoms with E-state index in [0.717, 1.165) is 21.4 Å². The van der Waals surface area contributed by atoms with Crippen LogP contribution in [-0.2, 0) is 20.7 Å². The third kappa shape index (κ3) is 4.53. The Bertz CT molecular complexity index is 1020. The number of fused-ring (bicyclic) bond motifs is 1. The molecule has 28 heavy (non-hydrogen) atoms. The van der Waals surface area contributed by atoms with Crippen LogP contribution >= 0.6 is 15.9 Å². The average Bonchev–Trinajstić information content (AvgIpc) is 3.11. The minimum absolute atomic E-state index is 0.138. The second-order valence-electron chi connectivity index (χ2n) is 6.36. The number of amides is 1. The van der Waals surface area contributed by atoms with Crippen molar-refractivity contribution in [1.82, 2.24) is 19.6 Å². The Balaban J connectivity index is 1.56. The van der Waals surface area contributed by atoms with Crippen molar-refractivity contribution in [1.29, 1.82) is 0 Å². The van der Waals surface area contributed by atoms with Gasteiger partial charge < -0.3 is 10.1 Å². The summed E-state index contributed by atoms with van der Waals surface area (Å²) in [5, 5.41) is 6.85. The summed E-state index contributed by atoms with van der Waals surface area (Å²) in [5.41, 5.74) is 3.23. The highest BCUT2D eigenvalue weighted by molar-refractivity contribution is 9.10. The highest BCUT2D eigenvalue weighted by Gasteiger charge is 2.19. The number of aryl methyl sites for hydroxylation is 2. The third-order valence-electron chi connectivity index (χ3n) is 4.36. The standard InChI is InChI=1S/C19H20BrN5O3/c1-11-16(12(2)25-19(23-11)21-10-22-25)8-9-17(26)28-13(3)18(27)24-15-6-4-14(20)5-7-15/h4-7,10,13H,8-9H2,1-3H3,(H,24,27). The number of carbonyl (C=O) groups is 2. The molecule has 0 fully saturated rings. The molecule has 0 aliphatic carbocycles. The fourth-order valence-electron chi connectivity index (χ4n) is 2.83. The van der Waals surface area contributed by atoms with Crippen LogP contribution in [0.2, 0.25) is 0 Å². The lowest BCUT2D eigenvalue weighted by Crippen LogP contribution is -2.30. The number of benzene rings is 1. The Morgan fingerprint density at radius 3 is 2.68 bits per heavy atom. The molecule has 0 bridgehead atoms. The molecule has 0 spiro atoms. The van der Waals surface area contributed by atoms with E-state index in [0.29, 0.717) is 17.9 Å². The lowest BCUT2D eigenvalue weighted by atomic mass is 10.1. The maximum absolute atomic E-state index is 12.2. The van der Waals surface area contributed by atoms with Gasteiger partial charge in [-0.2, -0.15) is 10.1 Å². The first-order valence-electron chi connectivity index (χ1n) is 8.77. The lowest BCUT2D eigenvalue weighted by molar-refractivity contribution is -0.153. The third-order valence-corrected chi connectivity index (χ3v) is 4.89. The molecule has 0 saturated heterocycles. The first-order valence-corrected chi connectivity index (χ1v) is 9.56. The van der Waals surface area contributed by atoms with Gasteiger partial charge in [-0.25, -0.2) is 9.50 Å². The SMILES string of the molecule is Cc1nc2ncnn2c(C)c1CCC(=O)OC(C)C(=O)Nc1ccc(Br)cc1. The molecular formula is C19H20BrN5O3. The van der Waals surface area contributed by atoms with Gasteiger partial charge in [-0.05, 0) is 57.0 Å². The van der Waals surface area contributed by atoms with Crippen molar-refractivity contribution in [2.45, 2.75) is 39.7 Å². The van der Waals surface area contributed by atoms with Crippen molar-refractivity contribution >= 4 is 39.3 Å². The van der Waals surface area contributed by atoms with E-state index in [1.54, 1.807) is 23.6 Å². The maximum atomic E-state index is 12.2. The molecule has 0 aliphatic heterocycles. The Hall–Kier alpha value is -2.81. The second kappa shape index (κ2) is 8.47. The molecule has 1 unspecified atom stereocenters. The second-order valence-corrected chi connectivity index (χ2v) is 7.28. The zero-order valence-electron chi connectivity index (χ0n) is 15.8. The fraction of sp³-hybridized carbons (Fsp3) is 0.316. The zero-order chi connectivity index (χ0) is 20.3. The van der Waals surface area contributed by atoms with Gasteiger partial charge in [0.15, 0.2) is 6.10 Å². The van der Waals surface area contributed by atoms with Crippen LogP contribution in [0.3, 0.4) is 0 Å². The highest BCUT2D eigenvalue weighted by Crippen LogP contribution is 2.16. The molecule has 3 rings (SSSR count). The van der Waals surface area contributed by atoms with Gasteiger partial charge in [0.25, 0.3) is 11.7 Å². The molecular weight excluding hydrogens is 426 g/mol. The van der Waals surface area contributed by atoms with Gasteiger partial charge in [0.05, 0.1) is 0 Å². The Morgan fingerprint density at radius 1 is 1.25 bits per heavy atom. The number of esters is 1. The molecule has 1 aromatic carbocycles. The summed E-state index contributed by atoms with van der Waals surface area (Å²) in [7, 11) is 0. The predicted octanol–water partition coefficient (Wildman–Crippen LogP) is 3.01. The largest absolute Gasteiger partial charge is 0.453 e. The van der Waals surface area contributed by atoms with Crippen LogP contribution in [0.15, 0.2) is 35.1 Å². The first kappa shape index (κ1) is 19.9. The topological polar surface area (TPSA) is 98.5 Å². The number of anilines is 1. The monoisotopic (exact) mass is 445 g/mol. The van der Waals surface area contributed by atoms with Crippen LogP contribution in [0.4, 0.5) is 5.69 Å². The van der Waals surface area contributed by atoms with Crippen LogP contribution in [0, 0.1) is 13.8 Å². The number of carbonyl (C=O) groups excluding carboxylic acids is 2. The predicted molar refractivity (Wildman–Crippen MR) is 107 cm³/mol. The van der Waals surface area contributed by atoms with Gasteiger partial charge in [-0.3, -0.25) is 9.59 Å². The molecule has 1 N–H and O–H groups in total. The number of nitrogens with zero attached hydrogens (tertiary/aromatic N) is 4. The Labute approximate surface area is 170 Å². The summed E-state index contributed by atoms with van der Waals surface area (Å²) in [6.45, 7) is 5.33. The fourth-order valence-corrected chi connectivity index (χ4v) is 3.10. The minimum Gasteiger partial charge on any atom is -0.453 e. The van der Waals surface area contributed by atoms with Crippen molar-refractivity contribution in [3.8, 4) is 0 Å². The van der Waals surface area contributed by atoms with Crippen LogP contribution in [-0.4, -0.2) is 37.6 Å². The number of hydrogen-bond acceptors (Lipinski definition) is 6. The summed E-state index contributed by atoms with van der Waals surface area (Å²) in [5.74, 6) is -0.302. The molecule has 0 saturated carbocycles. The molecule has 0 radical (unpaired) electrons. The van der Waals surface area contributed by atoms with E-state index in [-0.39, 0.29) is 12.3 Å². The minimum atomic E-state index is -0.894. The number of nitrogens with one attached hydrogen (secondary N) is 1. The van der Waals surface area contributed by atoms with E-state index in [1.165, 1.54) is 6.33 Å². The normalized spacial score (nSPS) is 12.0. The molecule has 8 nitrogen and oxygen atoms in total. The maximum Gasteiger partial charge on any atom is 0.306 e. The molecule has 1 amide bonds. The smallest absolute Gasteiger partial charge is 0.306 e. The Morgan fingerprint density at radius 2 is 1.96 bits per heavy atom. The Kier molecular flexibility index (Phi) is 6.03. The molecule has 9 heteroatoms. The number of aromatic nitrogens is 4. The molecule has 3 aromatic rings. The molecule has 146 valence electrons. The van der Waals surface area contributed by atoms with Crippen LogP contribution < -0.4 is 5.32 Å². The summed E-state index contributed by atoms with van der Waals surface area (Å²) in [4.78, 5) is 32.9. The van der Waals surface area contributed by atoms with E-state index >= 15 is 0 Å². The zero-order valence-corrected chi connectivity index (χ0v) is 17.4. The number of rotatable bonds is 6. The van der Waals surface area contributed by atoms with Crippen LogP contribution in [0.5, 0.6) is 0 Å². The molecule has 2 heterocycles. The van der Waals surface area contributed by atoms with Gasteiger partial charge in [-0.1, -0.05) is 15.9 Å². The average molecular weight is 446 g/mol. The molecule has 2 aromatic heterocycles. The molecule has 1 atom stereocenters. The number of hydrogen-bond donors (Lipinski definition) is 1. The highest BCUT2D eigenvalue weighted by atomic mass is 79.9. The summed E-state index contributed by atoms with van der Waals surface area (Å²) >= 11 is 3.34. The van der Waals surface area contributed by atoms with E-state index in [2.05, 4.69) is 36.3 Å². The van der Waals surface area contributed by atoms with Crippen molar-refractivity contribution in [2.24, 2.45) is 0 Å². The number of ether oxygens (including phenoxy) is 1. The van der Waals surface area contributed by atoms with Crippen molar-refractivity contribution in [3.05, 3.63) is 52.0 Å². The van der Waals surface area contributed by atoms with E-state index in [9.17, 15) is 9.59 Å². The summed E-state index contributed by atoms with van der Waals surface area (Å²) < 4.78 is 7.82. The van der Waals surface area contributed by atoms with Crippen LogP contribution in [0.25, 0.3) is 5.78 Å². The summed E-state index contributed by atoms with van der Waals surface area (Å²) in [6, 6.07) is 7.15. The summed E-state index contributed by atoms with van der Waals surface area (Å²) in [6.07, 6.45) is 1.13.